The third-order valence-corrected chi connectivity index (χ3v) is 0.954. The highest BCUT2D eigenvalue weighted by Crippen LogP contribution is 1.95. The van der Waals surface area contributed by atoms with Crippen molar-refractivity contribution < 1.29 is 9.47 Å². The first-order valence-electron chi connectivity index (χ1n) is 2.68. The summed E-state index contributed by atoms with van der Waals surface area (Å²) in [5, 5.41) is 0. The summed E-state index contributed by atoms with van der Waals surface area (Å²) in [6, 6.07) is 0. The van der Waals surface area contributed by atoms with Gasteiger partial charge in [-0.2, -0.15) is 0 Å². The molecular formula is C5H12BO2. The van der Waals surface area contributed by atoms with Crippen LogP contribution in [-0.4, -0.2) is 27.8 Å². The van der Waals surface area contributed by atoms with Crippen molar-refractivity contribution in [1.82, 2.24) is 0 Å². The number of methoxy groups -OCH3 is 2. The monoisotopic (exact) mass is 115 g/mol. The van der Waals surface area contributed by atoms with Crippen molar-refractivity contribution in [3.05, 3.63) is 0 Å². The van der Waals surface area contributed by atoms with E-state index in [-0.39, 0.29) is 6.29 Å². The van der Waals surface area contributed by atoms with Gasteiger partial charge in [-0.05, 0) is 6.32 Å². The van der Waals surface area contributed by atoms with Gasteiger partial charge in [0.2, 0.25) is 0 Å². The van der Waals surface area contributed by atoms with E-state index in [1.165, 1.54) is 0 Å². The van der Waals surface area contributed by atoms with Gasteiger partial charge < -0.3 is 9.47 Å². The Hall–Kier alpha value is -0.0151. The Morgan fingerprint density at radius 1 is 1.38 bits per heavy atom. The Labute approximate surface area is 51.4 Å². The van der Waals surface area contributed by atoms with Gasteiger partial charge in [-0.1, -0.05) is 6.82 Å². The largest absolute Gasteiger partial charge is 0.357 e. The molecule has 0 rings (SSSR count). The molecule has 47 valence electrons. The molecule has 1 radical (unpaired) electrons. The molecule has 0 spiro atoms. The van der Waals surface area contributed by atoms with Crippen LogP contribution in [0, 0.1) is 0 Å². The number of hydrogen-bond acceptors (Lipinski definition) is 2. The first kappa shape index (κ1) is 7.98. The molecular weight excluding hydrogens is 103 g/mol. The highest BCUT2D eigenvalue weighted by Gasteiger charge is 2.00. The standard InChI is InChI=1S/C5H12BO2/c1-6-4-5(7-2)8-3/h5H,4H2,1-3H3. The third-order valence-electron chi connectivity index (χ3n) is 0.954. The van der Waals surface area contributed by atoms with E-state index in [1.807, 2.05) is 14.1 Å². The zero-order valence-electron chi connectivity index (χ0n) is 5.68. The van der Waals surface area contributed by atoms with E-state index in [9.17, 15) is 0 Å². The summed E-state index contributed by atoms with van der Waals surface area (Å²) in [4.78, 5) is 0. The van der Waals surface area contributed by atoms with Crippen LogP contribution in [0.25, 0.3) is 0 Å². The minimum atomic E-state index is -0.0556. The smallest absolute Gasteiger partial charge is 0.149 e. The summed E-state index contributed by atoms with van der Waals surface area (Å²) in [7, 11) is 5.28. The quantitative estimate of drug-likeness (QED) is 0.398. The summed E-state index contributed by atoms with van der Waals surface area (Å²) in [5.74, 6) is 0. The minimum Gasteiger partial charge on any atom is -0.357 e. The lowest BCUT2D eigenvalue weighted by atomic mass is 9.78. The van der Waals surface area contributed by atoms with Crippen LogP contribution in [0.2, 0.25) is 13.1 Å². The van der Waals surface area contributed by atoms with Crippen molar-refractivity contribution >= 4 is 7.28 Å². The molecule has 0 bridgehead atoms. The van der Waals surface area contributed by atoms with Gasteiger partial charge in [0, 0.05) is 14.2 Å². The molecule has 0 saturated carbocycles. The van der Waals surface area contributed by atoms with Crippen molar-refractivity contribution in [2.24, 2.45) is 0 Å². The highest BCUT2D eigenvalue weighted by atomic mass is 16.7. The lowest BCUT2D eigenvalue weighted by Gasteiger charge is -2.10. The van der Waals surface area contributed by atoms with E-state index in [0.717, 1.165) is 6.32 Å². The van der Waals surface area contributed by atoms with Crippen LogP contribution in [0.15, 0.2) is 0 Å². The second kappa shape index (κ2) is 5.13. The van der Waals surface area contributed by atoms with Gasteiger partial charge in [-0.25, -0.2) is 0 Å². The molecule has 8 heavy (non-hydrogen) atoms. The van der Waals surface area contributed by atoms with Crippen LogP contribution >= 0.6 is 0 Å². The van der Waals surface area contributed by atoms with Crippen LogP contribution in [0.4, 0.5) is 0 Å². The number of hydrogen-bond donors (Lipinski definition) is 0. The molecule has 0 amide bonds. The molecule has 0 aliphatic heterocycles. The molecule has 0 unspecified atom stereocenters. The number of rotatable bonds is 4. The molecule has 0 saturated heterocycles. The fourth-order valence-electron chi connectivity index (χ4n) is 0.481. The topological polar surface area (TPSA) is 18.5 Å². The second-order valence-corrected chi connectivity index (χ2v) is 1.54. The zero-order valence-corrected chi connectivity index (χ0v) is 5.68. The minimum absolute atomic E-state index is 0.0556. The Balaban J connectivity index is 3.07. The summed E-state index contributed by atoms with van der Waals surface area (Å²) >= 11 is 0. The fourth-order valence-corrected chi connectivity index (χ4v) is 0.481. The predicted octanol–water partition coefficient (Wildman–Crippen LogP) is 0.776. The van der Waals surface area contributed by atoms with E-state index in [1.54, 1.807) is 14.2 Å². The molecule has 2 nitrogen and oxygen atoms in total. The fraction of sp³-hybridized carbons (Fsp3) is 1.00. The van der Waals surface area contributed by atoms with Gasteiger partial charge in [0.25, 0.3) is 0 Å². The normalized spacial score (nSPS) is 10.0. The van der Waals surface area contributed by atoms with Gasteiger partial charge >= 0.3 is 0 Å². The van der Waals surface area contributed by atoms with Gasteiger partial charge in [-0.15, -0.1) is 0 Å². The van der Waals surface area contributed by atoms with E-state index < -0.39 is 0 Å². The van der Waals surface area contributed by atoms with E-state index in [4.69, 9.17) is 9.47 Å². The first-order valence-corrected chi connectivity index (χ1v) is 2.68. The molecule has 0 fully saturated rings. The molecule has 0 atom stereocenters. The summed E-state index contributed by atoms with van der Waals surface area (Å²) < 4.78 is 9.77. The maximum Gasteiger partial charge on any atom is 0.149 e. The van der Waals surface area contributed by atoms with Gasteiger partial charge in [-0.3, -0.25) is 0 Å². The van der Waals surface area contributed by atoms with Crippen molar-refractivity contribution in [2.75, 3.05) is 14.2 Å². The third kappa shape index (κ3) is 3.05. The van der Waals surface area contributed by atoms with Crippen molar-refractivity contribution in [1.29, 1.82) is 0 Å². The molecule has 0 aliphatic rings. The van der Waals surface area contributed by atoms with Crippen LogP contribution in [0.5, 0.6) is 0 Å². The molecule has 0 N–H and O–H groups in total. The maximum absolute atomic E-state index is 4.89. The Kier molecular flexibility index (Phi) is 5.12. The summed E-state index contributed by atoms with van der Waals surface area (Å²) in [6.07, 6.45) is 0.799. The average molecular weight is 115 g/mol. The van der Waals surface area contributed by atoms with Crippen LogP contribution in [0.1, 0.15) is 0 Å². The molecule has 3 heteroatoms. The summed E-state index contributed by atoms with van der Waals surface area (Å²) in [5.41, 5.74) is 0. The highest BCUT2D eigenvalue weighted by molar-refractivity contribution is 6.33. The van der Waals surface area contributed by atoms with E-state index in [2.05, 4.69) is 0 Å². The van der Waals surface area contributed by atoms with Crippen LogP contribution < -0.4 is 0 Å². The molecule has 0 heterocycles. The molecule has 0 aromatic rings. The van der Waals surface area contributed by atoms with E-state index >= 15 is 0 Å². The van der Waals surface area contributed by atoms with Gasteiger partial charge in [0.15, 0.2) is 0 Å². The Morgan fingerprint density at radius 3 is 2.00 bits per heavy atom. The average Bonchev–Trinajstić information content (AvgIpc) is 1.83. The maximum atomic E-state index is 4.89. The number of ether oxygens (including phenoxy) is 2. The lowest BCUT2D eigenvalue weighted by Crippen LogP contribution is -2.13. The van der Waals surface area contributed by atoms with Crippen LogP contribution in [0.3, 0.4) is 0 Å². The first-order chi connectivity index (χ1) is 3.85. The van der Waals surface area contributed by atoms with Crippen molar-refractivity contribution in [3.63, 3.8) is 0 Å². The second-order valence-electron chi connectivity index (χ2n) is 1.54. The SMILES string of the molecule is C[B]CC(OC)OC. The van der Waals surface area contributed by atoms with Crippen LogP contribution in [-0.2, 0) is 9.47 Å². The van der Waals surface area contributed by atoms with E-state index in [0.29, 0.717) is 0 Å². The molecule has 0 aromatic carbocycles. The van der Waals surface area contributed by atoms with Gasteiger partial charge in [0.05, 0.1) is 0 Å². The predicted molar refractivity (Wildman–Crippen MR) is 34.2 cm³/mol. The molecule has 0 aliphatic carbocycles. The van der Waals surface area contributed by atoms with Crippen molar-refractivity contribution in [2.45, 2.75) is 19.4 Å². The lowest BCUT2D eigenvalue weighted by molar-refractivity contribution is -0.0875. The Bertz CT molecular complexity index is 45.7. The summed E-state index contributed by atoms with van der Waals surface area (Å²) in [6.45, 7) is 1.98. The molecule has 0 aromatic heterocycles. The Morgan fingerprint density at radius 2 is 1.88 bits per heavy atom. The van der Waals surface area contributed by atoms with Crippen molar-refractivity contribution in [3.8, 4) is 0 Å². The van der Waals surface area contributed by atoms with Gasteiger partial charge in [0.1, 0.15) is 13.6 Å². The zero-order chi connectivity index (χ0) is 6.41.